The van der Waals surface area contributed by atoms with E-state index >= 15 is 0 Å². The first-order chi connectivity index (χ1) is 8.25. The molecule has 0 saturated carbocycles. The monoisotopic (exact) mass is 251 g/mol. The molecule has 0 bridgehead atoms. The fourth-order valence-electron chi connectivity index (χ4n) is 1.97. The molecule has 1 aromatic rings. The molecule has 0 aliphatic carbocycles. The Kier molecular flexibility index (Phi) is 4.60. The quantitative estimate of drug-likeness (QED) is 0.863. The second-order valence-corrected chi connectivity index (χ2v) is 5.92. The molecule has 1 atom stereocenters. The molecule has 1 saturated heterocycles. The Morgan fingerprint density at radius 2 is 2.24 bits per heavy atom. The van der Waals surface area contributed by atoms with Gasteiger partial charge in [-0.3, -0.25) is 0 Å². The summed E-state index contributed by atoms with van der Waals surface area (Å²) in [4.78, 5) is 0. The van der Waals surface area contributed by atoms with Crippen molar-refractivity contribution in [2.45, 2.75) is 26.4 Å². The van der Waals surface area contributed by atoms with E-state index in [2.05, 4.69) is 43.1 Å². The van der Waals surface area contributed by atoms with Gasteiger partial charge in [0.25, 0.3) is 0 Å². The van der Waals surface area contributed by atoms with Crippen molar-refractivity contribution in [2.24, 2.45) is 5.92 Å². The van der Waals surface area contributed by atoms with Gasteiger partial charge in [-0.05, 0) is 49.8 Å². The van der Waals surface area contributed by atoms with E-state index in [0.29, 0.717) is 0 Å². The number of benzene rings is 1. The second kappa shape index (κ2) is 6.20. The number of anilines is 1. The number of hydrogen-bond acceptors (Lipinski definition) is 3. The number of nitrogens with one attached hydrogen (secondary N) is 1. The maximum absolute atomic E-state index is 5.79. The molecule has 1 unspecified atom stereocenters. The predicted octanol–water partition coefficient (Wildman–Crippen LogP) is 3.64. The van der Waals surface area contributed by atoms with Crippen LogP contribution >= 0.6 is 11.8 Å². The minimum atomic E-state index is 0.222. The molecule has 2 nitrogen and oxygen atoms in total. The lowest BCUT2D eigenvalue weighted by Gasteiger charge is -2.17. The minimum absolute atomic E-state index is 0.222. The summed E-state index contributed by atoms with van der Waals surface area (Å²) >= 11 is 2.06. The van der Waals surface area contributed by atoms with E-state index in [1.54, 1.807) is 0 Å². The Bertz CT molecular complexity index is 348. The largest absolute Gasteiger partial charge is 0.489 e. The molecule has 17 heavy (non-hydrogen) atoms. The Labute approximate surface area is 108 Å². The maximum atomic E-state index is 5.79. The molecular weight excluding hydrogens is 230 g/mol. The van der Waals surface area contributed by atoms with E-state index < -0.39 is 0 Å². The summed E-state index contributed by atoms with van der Waals surface area (Å²) in [6.45, 7) is 5.18. The van der Waals surface area contributed by atoms with Crippen molar-refractivity contribution in [3.8, 4) is 5.75 Å². The van der Waals surface area contributed by atoms with Crippen LogP contribution in [0.3, 0.4) is 0 Å². The third kappa shape index (κ3) is 3.84. The average Bonchev–Trinajstić information content (AvgIpc) is 2.80. The van der Waals surface area contributed by atoms with Gasteiger partial charge in [-0.15, -0.1) is 0 Å². The summed E-state index contributed by atoms with van der Waals surface area (Å²) in [5.41, 5.74) is 1.12. The first kappa shape index (κ1) is 12.6. The number of thioether (sulfide) groups is 1. The van der Waals surface area contributed by atoms with E-state index in [0.717, 1.165) is 23.9 Å². The van der Waals surface area contributed by atoms with Gasteiger partial charge in [0.05, 0.1) is 11.8 Å². The molecule has 1 heterocycles. The van der Waals surface area contributed by atoms with Crippen molar-refractivity contribution < 1.29 is 4.74 Å². The zero-order valence-corrected chi connectivity index (χ0v) is 11.4. The summed E-state index contributed by atoms with van der Waals surface area (Å²) in [5, 5.41) is 3.52. The van der Waals surface area contributed by atoms with Crippen LogP contribution in [0, 0.1) is 5.92 Å². The smallest absolute Gasteiger partial charge is 0.142 e. The lowest BCUT2D eigenvalue weighted by molar-refractivity contribution is 0.243. The van der Waals surface area contributed by atoms with Crippen LogP contribution in [0.15, 0.2) is 24.3 Å². The van der Waals surface area contributed by atoms with E-state index in [-0.39, 0.29) is 6.10 Å². The highest BCUT2D eigenvalue weighted by molar-refractivity contribution is 7.99. The van der Waals surface area contributed by atoms with Gasteiger partial charge >= 0.3 is 0 Å². The summed E-state index contributed by atoms with van der Waals surface area (Å²) in [6, 6.07) is 8.21. The molecule has 0 amide bonds. The van der Waals surface area contributed by atoms with Crippen LogP contribution in [-0.4, -0.2) is 24.2 Å². The third-order valence-corrected chi connectivity index (χ3v) is 4.09. The molecule has 0 radical (unpaired) electrons. The molecule has 3 heteroatoms. The minimum Gasteiger partial charge on any atom is -0.489 e. The van der Waals surface area contributed by atoms with E-state index in [9.17, 15) is 0 Å². The molecule has 94 valence electrons. The van der Waals surface area contributed by atoms with Gasteiger partial charge in [0.15, 0.2) is 0 Å². The molecule has 0 aromatic heterocycles. The molecule has 1 fully saturated rings. The number of hydrogen-bond donors (Lipinski definition) is 1. The van der Waals surface area contributed by atoms with Crippen molar-refractivity contribution in [2.75, 3.05) is 23.4 Å². The number of para-hydroxylation sites is 2. The van der Waals surface area contributed by atoms with Gasteiger partial charge in [0.1, 0.15) is 5.75 Å². The highest BCUT2D eigenvalue weighted by Gasteiger charge is 2.15. The second-order valence-electron chi connectivity index (χ2n) is 4.77. The molecule has 1 N–H and O–H groups in total. The zero-order valence-electron chi connectivity index (χ0n) is 10.6. The highest BCUT2D eigenvalue weighted by Crippen LogP contribution is 2.27. The van der Waals surface area contributed by atoms with E-state index in [4.69, 9.17) is 4.74 Å². The van der Waals surface area contributed by atoms with Crippen LogP contribution in [0.4, 0.5) is 5.69 Å². The Balaban J connectivity index is 1.94. The SMILES string of the molecule is CC(C)Oc1ccccc1NCC1CCSC1. The van der Waals surface area contributed by atoms with Crippen molar-refractivity contribution in [3.05, 3.63) is 24.3 Å². The highest BCUT2D eigenvalue weighted by atomic mass is 32.2. The first-order valence-electron chi connectivity index (χ1n) is 6.33. The van der Waals surface area contributed by atoms with Crippen LogP contribution in [0.5, 0.6) is 5.75 Å². The Hall–Kier alpha value is -0.830. The van der Waals surface area contributed by atoms with E-state index in [1.807, 2.05) is 12.1 Å². The summed E-state index contributed by atoms with van der Waals surface area (Å²) in [6.07, 6.45) is 1.56. The summed E-state index contributed by atoms with van der Waals surface area (Å²) in [7, 11) is 0. The van der Waals surface area contributed by atoms with Crippen molar-refractivity contribution >= 4 is 17.4 Å². The fraction of sp³-hybridized carbons (Fsp3) is 0.571. The predicted molar refractivity (Wildman–Crippen MR) is 76.1 cm³/mol. The molecule has 0 spiro atoms. The lowest BCUT2D eigenvalue weighted by atomic mass is 10.1. The van der Waals surface area contributed by atoms with Crippen LogP contribution in [0.1, 0.15) is 20.3 Å². The number of ether oxygens (including phenoxy) is 1. The van der Waals surface area contributed by atoms with E-state index in [1.165, 1.54) is 17.9 Å². The Morgan fingerprint density at radius 3 is 2.94 bits per heavy atom. The summed E-state index contributed by atoms with van der Waals surface area (Å²) in [5.74, 6) is 4.39. The first-order valence-corrected chi connectivity index (χ1v) is 7.48. The van der Waals surface area contributed by atoms with Gasteiger partial charge in [0, 0.05) is 6.54 Å². The zero-order chi connectivity index (χ0) is 12.1. The van der Waals surface area contributed by atoms with Crippen molar-refractivity contribution in [3.63, 3.8) is 0 Å². The van der Waals surface area contributed by atoms with Gasteiger partial charge in [-0.2, -0.15) is 11.8 Å². The topological polar surface area (TPSA) is 21.3 Å². The van der Waals surface area contributed by atoms with Crippen LogP contribution in [0.2, 0.25) is 0 Å². The number of rotatable bonds is 5. The lowest BCUT2D eigenvalue weighted by Crippen LogP contribution is -2.15. The molecular formula is C14H21NOS. The van der Waals surface area contributed by atoms with Gasteiger partial charge in [0.2, 0.25) is 0 Å². The van der Waals surface area contributed by atoms with Crippen molar-refractivity contribution in [1.82, 2.24) is 0 Å². The van der Waals surface area contributed by atoms with Gasteiger partial charge in [-0.25, -0.2) is 0 Å². The summed E-state index contributed by atoms with van der Waals surface area (Å²) < 4.78 is 5.79. The van der Waals surface area contributed by atoms with Gasteiger partial charge < -0.3 is 10.1 Å². The van der Waals surface area contributed by atoms with Crippen LogP contribution < -0.4 is 10.1 Å². The van der Waals surface area contributed by atoms with Crippen LogP contribution in [0.25, 0.3) is 0 Å². The normalized spacial score (nSPS) is 19.6. The molecule has 1 aliphatic rings. The average molecular weight is 251 g/mol. The third-order valence-electron chi connectivity index (χ3n) is 2.85. The standard InChI is InChI=1S/C14H21NOS/c1-11(2)16-14-6-4-3-5-13(14)15-9-12-7-8-17-10-12/h3-6,11-12,15H,7-10H2,1-2H3. The maximum Gasteiger partial charge on any atom is 0.142 e. The van der Waals surface area contributed by atoms with Crippen LogP contribution in [-0.2, 0) is 0 Å². The Morgan fingerprint density at radius 1 is 1.41 bits per heavy atom. The fourth-order valence-corrected chi connectivity index (χ4v) is 3.25. The molecule has 2 rings (SSSR count). The molecule has 1 aromatic carbocycles. The van der Waals surface area contributed by atoms with Gasteiger partial charge in [-0.1, -0.05) is 12.1 Å². The molecule has 1 aliphatic heterocycles. The van der Waals surface area contributed by atoms with Crippen molar-refractivity contribution in [1.29, 1.82) is 0 Å².